The molecule has 34 heavy (non-hydrogen) atoms. The van der Waals surface area contributed by atoms with Gasteiger partial charge in [-0.15, -0.1) is 0 Å². The molecule has 0 saturated heterocycles. The average molecular weight is 504 g/mol. The monoisotopic (exact) mass is 504 g/mol. The van der Waals surface area contributed by atoms with Crippen LogP contribution in [0.15, 0.2) is 47.4 Å². The molecule has 1 N–H and O–H groups in total. The van der Waals surface area contributed by atoms with Crippen LogP contribution < -0.4 is 4.90 Å². The van der Waals surface area contributed by atoms with Crippen molar-refractivity contribution in [1.29, 1.82) is 5.26 Å². The highest BCUT2D eigenvalue weighted by Crippen LogP contribution is 2.50. The normalized spacial score (nSPS) is 17.9. The van der Waals surface area contributed by atoms with Gasteiger partial charge in [0.15, 0.2) is 9.84 Å². The largest absolute Gasteiger partial charge is 0.430 e. The second-order valence-electron chi connectivity index (χ2n) is 8.69. The first kappa shape index (κ1) is 24.3. The van der Waals surface area contributed by atoms with Gasteiger partial charge >= 0.3 is 12.4 Å². The van der Waals surface area contributed by atoms with Crippen molar-refractivity contribution in [2.24, 2.45) is 5.41 Å². The topological polar surface area (TPSA) is 81.4 Å². The number of hydrogen-bond donors (Lipinski definition) is 1. The minimum Gasteiger partial charge on any atom is -0.369 e. The number of sulfone groups is 1. The van der Waals surface area contributed by atoms with Gasteiger partial charge in [-0.25, -0.2) is 8.42 Å². The Labute approximate surface area is 191 Å². The summed E-state index contributed by atoms with van der Waals surface area (Å²) >= 11 is 0. The van der Waals surface area contributed by atoms with Crippen LogP contribution in [0.5, 0.6) is 0 Å². The fourth-order valence-electron chi connectivity index (χ4n) is 4.03. The number of alkyl halides is 6. The van der Waals surface area contributed by atoms with Gasteiger partial charge in [-0.05, 0) is 48.2 Å². The number of rotatable bonds is 5. The number of fused-ring (bicyclic) bond motifs is 1. The average Bonchev–Trinajstić information content (AvgIpc) is 3.37. The summed E-state index contributed by atoms with van der Waals surface area (Å²) in [7, 11) is -3.70. The Morgan fingerprint density at radius 3 is 2.00 bits per heavy atom. The zero-order valence-electron chi connectivity index (χ0n) is 17.4. The van der Waals surface area contributed by atoms with Crippen molar-refractivity contribution in [3.8, 4) is 6.07 Å². The van der Waals surface area contributed by atoms with Crippen molar-refractivity contribution in [2.45, 2.75) is 48.8 Å². The van der Waals surface area contributed by atoms with Crippen molar-refractivity contribution >= 4 is 15.5 Å². The van der Waals surface area contributed by atoms with Crippen LogP contribution in [0.4, 0.5) is 32.0 Å². The highest BCUT2D eigenvalue weighted by Gasteiger charge is 2.71. The van der Waals surface area contributed by atoms with Gasteiger partial charge in [-0.1, -0.05) is 18.2 Å². The second-order valence-corrected chi connectivity index (χ2v) is 10.7. The lowest BCUT2D eigenvalue weighted by molar-refractivity contribution is -0.376. The van der Waals surface area contributed by atoms with Crippen molar-refractivity contribution in [1.82, 2.24) is 0 Å². The molecule has 2 aliphatic rings. The van der Waals surface area contributed by atoms with Gasteiger partial charge in [0, 0.05) is 24.3 Å². The van der Waals surface area contributed by atoms with Gasteiger partial charge in [-0.3, -0.25) is 0 Å². The molecule has 1 aliphatic carbocycles. The van der Waals surface area contributed by atoms with Crippen molar-refractivity contribution in [3.63, 3.8) is 0 Å². The van der Waals surface area contributed by atoms with E-state index in [2.05, 4.69) is 0 Å². The lowest BCUT2D eigenvalue weighted by atomic mass is 9.92. The van der Waals surface area contributed by atoms with E-state index in [1.807, 2.05) is 6.07 Å². The molecule has 5 nitrogen and oxygen atoms in total. The maximum absolute atomic E-state index is 13.1. The minimum absolute atomic E-state index is 0.0605. The number of nitriles is 1. The Bertz CT molecular complexity index is 1250. The molecular formula is C22H18F6N2O3S. The minimum atomic E-state index is -5.97. The summed E-state index contributed by atoms with van der Waals surface area (Å²) in [6.07, 6.45) is -10.9. The SMILES string of the molecule is N#CC1(CS(=O)(=O)c2ccc3c(c2)CN(c2ccc(C(O)(C(F)(F)F)C(F)(F)F)cc2)C3)CC1. The second kappa shape index (κ2) is 7.61. The third-order valence-electron chi connectivity index (χ3n) is 6.29. The van der Waals surface area contributed by atoms with Gasteiger partial charge in [0.25, 0.3) is 5.60 Å². The van der Waals surface area contributed by atoms with E-state index < -0.39 is 38.8 Å². The summed E-state index contributed by atoms with van der Waals surface area (Å²) in [5, 5.41) is 18.7. The fourth-order valence-corrected chi connectivity index (χ4v) is 5.88. The highest BCUT2D eigenvalue weighted by molar-refractivity contribution is 7.91. The van der Waals surface area contributed by atoms with Crippen LogP contribution in [0.1, 0.15) is 29.5 Å². The van der Waals surface area contributed by atoms with Crippen LogP contribution in [-0.2, 0) is 28.5 Å². The standard InChI is InChI=1S/C22H18F6N2O3S/c23-21(24,25)20(31,22(26,27)28)16-2-4-17(5-3-16)30-10-14-1-6-18(9-15(14)11-30)34(32,33)13-19(12-29)7-8-19/h1-6,9,31H,7-8,10-11,13H2. The first-order valence-corrected chi connectivity index (χ1v) is 11.7. The summed E-state index contributed by atoms with van der Waals surface area (Å²) in [6.45, 7) is 0.449. The molecule has 1 aliphatic heterocycles. The first-order valence-electron chi connectivity index (χ1n) is 10.1. The number of anilines is 1. The molecule has 1 fully saturated rings. The van der Waals surface area contributed by atoms with Crippen LogP contribution in [0.3, 0.4) is 0 Å². The molecule has 1 saturated carbocycles. The predicted octanol–water partition coefficient (Wildman–Crippen LogP) is 4.60. The molecule has 0 radical (unpaired) electrons. The van der Waals surface area contributed by atoms with E-state index in [-0.39, 0.29) is 23.7 Å². The summed E-state index contributed by atoms with van der Waals surface area (Å²) in [6, 6.07) is 9.81. The Balaban J connectivity index is 1.56. The van der Waals surface area contributed by atoms with E-state index in [1.165, 1.54) is 12.1 Å². The summed E-state index contributed by atoms with van der Waals surface area (Å²) in [5.74, 6) is -0.276. The predicted molar refractivity (Wildman–Crippen MR) is 108 cm³/mol. The number of benzene rings is 2. The Hall–Kier alpha value is -2.78. The quantitative estimate of drug-likeness (QED) is 0.603. The van der Waals surface area contributed by atoms with E-state index in [0.29, 0.717) is 36.2 Å². The van der Waals surface area contributed by atoms with Gasteiger partial charge in [-0.2, -0.15) is 31.6 Å². The molecule has 4 rings (SSSR count). The molecular weight excluding hydrogens is 486 g/mol. The van der Waals surface area contributed by atoms with Crippen LogP contribution in [0.2, 0.25) is 0 Å². The smallest absolute Gasteiger partial charge is 0.369 e. The van der Waals surface area contributed by atoms with E-state index in [4.69, 9.17) is 0 Å². The van der Waals surface area contributed by atoms with Crippen molar-refractivity contribution < 1.29 is 39.9 Å². The molecule has 2 aromatic carbocycles. The highest BCUT2D eigenvalue weighted by atomic mass is 32.2. The Morgan fingerprint density at radius 2 is 1.50 bits per heavy atom. The maximum atomic E-state index is 13.1. The summed E-state index contributed by atoms with van der Waals surface area (Å²) in [5.41, 5.74) is -5.50. The molecule has 12 heteroatoms. The number of halogens is 6. The third kappa shape index (κ3) is 4.01. The van der Waals surface area contributed by atoms with E-state index in [0.717, 1.165) is 17.7 Å². The van der Waals surface area contributed by atoms with Crippen LogP contribution in [0.25, 0.3) is 0 Å². The van der Waals surface area contributed by atoms with E-state index in [9.17, 15) is 45.1 Å². The lowest BCUT2D eigenvalue weighted by Gasteiger charge is -2.33. The zero-order chi connectivity index (χ0) is 25.2. The number of aliphatic hydroxyl groups is 1. The van der Waals surface area contributed by atoms with Crippen LogP contribution in [-0.4, -0.2) is 31.6 Å². The third-order valence-corrected chi connectivity index (χ3v) is 8.19. The van der Waals surface area contributed by atoms with Crippen molar-refractivity contribution in [3.05, 3.63) is 59.2 Å². The number of hydrogen-bond acceptors (Lipinski definition) is 5. The zero-order valence-corrected chi connectivity index (χ0v) is 18.2. The molecule has 2 aromatic rings. The fraction of sp³-hybridized carbons (Fsp3) is 0.409. The van der Waals surface area contributed by atoms with Crippen molar-refractivity contribution in [2.75, 3.05) is 10.7 Å². The first-order chi connectivity index (χ1) is 15.6. The molecule has 0 amide bonds. The van der Waals surface area contributed by atoms with Crippen LogP contribution in [0, 0.1) is 16.7 Å². The van der Waals surface area contributed by atoms with Gasteiger partial charge in [0.2, 0.25) is 0 Å². The molecule has 0 atom stereocenters. The van der Waals surface area contributed by atoms with Gasteiger partial charge < -0.3 is 10.0 Å². The maximum Gasteiger partial charge on any atom is 0.430 e. The van der Waals surface area contributed by atoms with Gasteiger partial charge in [0.1, 0.15) is 0 Å². The summed E-state index contributed by atoms with van der Waals surface area (Å²) in [4.78, 5) is 1.72. The molecule has 1 heterocycles. The lowest BCUT2D eigenvalue weighted by Crippen LogP contribution is -2.53. The van der Waals surface area contributed by atoms with E-state index >= 15 is 0 Å². The molecule has 0 bridgehead atoms. The van der Waals surface area contributed by atoms with Gasteiger partial charge in [0.05, 0.1) is 22.1 Å². The van der Waals surface area contributed by atoms with Crippen LogP contribution >= 0.6 is 0 Å². The summed E-state index contributed by atoms with van der Waals surface area (Å²) < 4.78 is 104. The Morgan fingerprint density at radius 1 is 0.941 bits per heavy atom. The molecule has 0 unspecified atom stereocenters. The number of nitrogens with zero attached hydrogens (tertiary/aromatic N) is 2. The molecule has 0 aromatic heterocycles. The molecule has 0 spiro atoms. The Kier molecular flexibility index (Phi) is 5.45. The molecule has 182 valence electrons. The van der Waals surface area contributed by atoms with E-state index in [1.54, 1.807) is 11.0 Å².